The fraction of sp³-hybridized carbons (Fsp3) is 0.118. The van der Waals surface area contributed by atoms with E-state index in [1.807, 2.05) is 24.3 Å². The van der Waals surface area contributed by atoms with Crippen LogP contribution in [-0.4, -0.2) is 35.1 Å². The van der Waals surface area contributed by atoms with E-state index in [0.717, 1.165) is 14.6 Å². The van der Waals surface area contributed by atoms with Crippen molar-refractivity contribution in [1.82, 2.24) is 10.4 Å². The highest BCUT2D eigenvalue weighted by molar-refractivity contribution is 9.10. The van der Waals surface area contributed by atoms with Crippen LogP contribution in [0.4, 0.5) is 0 Å². The summed E-state index contributed by atoms with van der Waals surface area (Å²) in [5.41, 5.74) is 4.01. The minimum atomic E-state index is -0.237. The molecule has 0 saturated heterocycles. The molecule has 134 valence electrons. The number of aromatic nitrogens is 1. The van der Waals surface area contributed by atoms with Crippen molar-refractivity contribution in [2.45, 2.75) is 4.34 Å². The molecule has 1 amide bonds. The highest BCUT2D eigenvalue weighted by Gasteiger charge is 2.10. The number of hydrogen-bond donors (Lipinski definition) is 2. The maximum absolute atomic E-state index is 11.9. The number of fused-ring (bicyclic) bond motifs is 1. The number of phenolic OH excluding ortho intramolecular Hbond substituents is 1. The summed E-state index contributed by atoms with van der Waals surface area (Å²) in [7, 11) is 1.47. The van der Waals surface area contributed by atoms with Gasteiger partial charge >= 0.3 is 0 Å². The van der Waals surface area contributed by atoms with Crippen molar-refractivity contribution in [2.75, 3.05) is 12.9 Å². The van der Waals surface area contributed by atoms with Gasteiger partial charge in [0.25, 0.3) is 5.91 Å². The predicted molar refractivity (Wildman–Crippen MR) is 108 cm³/mol. The van der Waals surface area contributed by atoms with Crippen LogP contribution >= 0.6 is 39.0 Å². The van der Waals surface area contributed by atoms with E-state index in [9.17, 15) is 9.90 Å². The number of nitrogens with zero attached hydrogens (tertiary/aromatic N) is 2. The second kappa shape index (κ2) is 8.52. The number of thiazole rings is 1. The Hall–Kier alpha value is -2.10. The summed E-state index contributed by atoms with van der Waals surface area (Å²) in [6, 6.07) is 11.2. The Bertz CT molecular complexity index is 942. The van der Waals surface area contributed by atoms with Crippen molar-refractivity contribution in [2.24, 2.45) is 5.10 Å². The van der Waals surface area contributed by atoms with E-state index in [4.69, 9.17) is 4.74 Å². The second-order valence-corrected chi connectivity index (χ2v) is 8.10. The predicted octanol–water partition coefficient (Wildman–Crippen LogP) is 4.02. The van der Waals surface area contributed by atoms with Crippen LogP contribution < -0.4 is 10.2 Å². The number of amides is 1. The number of para-hydroxylation sites is 1. The fourth-order valence-electron chi connectivity index (χ4n) is 2.07. The van der Waals surface area contributed by atoms with E-state index < -0.39 is 0 Å². The number of aromatic hydroxyl groups is 1. The molecule has 0 atom stereocenters. The molecule has 9 heteroatoms. The molecule has 0 fully saturated rings. The Labute approximate surface area is 166 Å². The topological polar surface area (TPSA) is 83.8 Å². The largest absolute Gasteiger partial charge is 0.503 e. The number of hydrogen-bond acceptors (Lipinski definition) is 7. The van der Waals surface area contributed by atoms with Gasteiger partial charge in [-0.1, -0.05) is 23.9 Å². The van der Waals surface area contributed by atoms with Crippen molar-refractivity contribution in [1.29, 1.82) is 0 Å². The van der Waals surface area contributed by atoms with Gasteiger partial charge in [0.05, 0.1) is 33.8 Å². The summed E-state index contributed by atoms with van der Waals surface area (Å²) in [5, 5.41) is 13.8. The van der Waals surface area contributed by atoms with Gasteiger partial charge in [-0.3, -0.25) is 4.79 Å². The molecule has 0 aliphatic heterocycles. The van der Waals surface area contributed by atoms with E-state index in [0.29, 0.717) is 15.8 Å². The molecule has 2 N–H and O–H groups in total. The first-order chi connectivity index (χ1) is 12.6. The number of hydrazone groups is 1. The summed E-state index contributed by atoms with van der Waals surface area (Å²) >= 11 is 6.19. The first-order valence-corrected chi connectivity index (χ1v) is 10.0. The van der Waals surface area contributed by atoms with Gasteiger partial charge in [-0.15, -0.1) is 11.3 Å². The quantitative estimate of drug-likeness (QED) is 0.336. The number of phenols is 1. The van der Waals surface area contributed by atoms with Gasteiger partial charge in [-0.05, 0) is 40.2 Å². The van der Waals surface area contributed by atoms with Crippen LogP contribution in [-0.2, 0) is 4.79 Å². The van der Waals surface area contributed by atoms with Crippen molar-refractivity contribution >= 4 is 61.4 Å². The van der Waals surface area contributed by atoms with Crippen LogP contribution in [0.3, 0.4) is 0 Å². The van der Waals surface area contributed by atoms with Crippen LogP contribution in [0.1, 0.15) is 5.56 Å². The van der Waals surface area contributed by atoms with Crippen molar-refractivity contribution in [3.8, 4) is 11.5 Å². The zero-order chi connectivity index (χ0) is 18.5. The third kappa shape index (κ3) is 4.35. The molecule has 6 nitrogen and oxygen atoms in total. The molecule has 0 aliphatic rings. The van der Waals surface area contributed by atoms with Crippen LogP contribution in [0, 0.1) is 0 Å². The van der Waals surface area contributed by atoms with Gasteiger partial charge in [0, 0.05) is 5.56 Å². The summed E-state index contributed by atoms with van der Waals surface area (Å²) in [4.78, 5) is 16.4. The Kier molecular flexibility index (Phi) is 6.12. The van der Waals surface area contributed by atoms with Gasteiger partial charge in [-0.25, -0.2) is 10.4 Å². The normalized spacial score (nSPS) is 11.2. The molecular formula is C17H14BrN3O3S2. The van der Waals surface area contributed by atoms with Gasteiger partial charge in [-0.2, -0.15) is 5.10 Å². The third-order valence-corrected chi connectivity index (χ3v) is 6.34. The summed E-state index contributed by atoms with van der Waals surface area (Å²) in [6.45, 7) is 0. The monoisotopic (exact) mass is 451 g/mol. The fourth-order valence-corrected chi connectivity index (χ4v) is 4.36. The average molecular weight is 452 g/mol. The molecule has 2 aromatic carbocycles. The molecule has 0 saturated carbocycles. The number of halogens is 1. The van der Waals surface area contributed by atoms with Crippen LogP contribution in [0.15, 0.2) is 50.3 Å². The zero-order valence-electron chi connectivity index (χ0n) is 13.6. The lowest BCUT2D eigenvalue weighted by Crippen LogP contribution is -2.19. The molecule has 0 bridgehead atoms. The average Bonchev–Trinajstić information content (AvgIpc) is 3.06. The van der Waals surface area contributed by atoms with Crippen LogP contribution in [0.5, 0.6) is 11.5 Å². The molecular weight excluding hydrogens is 438 g/mol. The molecule has 0 unspecified atom stereocenters. The Morgan fingerprint density at radius 2 is 2.23 bits per heavy atom. The second-order valence-electron chi connectivity index (χ2n) is 5.05. The lowest BCUT2D eigenvalue weighted by molar-refractivity contribution is -0.118. The van der Waals surface area contributed by atoms with Gasteiger partial charge in [0.2, 0.25) is 0 Å². The first kappa shape index (κ1) is 18.7. The number of rotatable bonds is 6. The van der Waals surface area contributed by atoms with E-state index in [2.05, 4.69) is 31.4 Å². The highest BCUT2D eigenvalue weighted by atomic mass is 79.9. The molecule has 26 heavy (non-hydrogen) atoms. The smallest absolute Gasteiger partial charge is 0.250 e. The third-order valence-electron chi connectivity index (χ3n) is 3.32. The standard InChI is InChI=1S/C17H14BrN3O3S2/c1-24-12-7-6-10(15(18)16(12)23)8-19-21-14(22)9-25-17-20-11-4-2-3-5-13(11)26-17/h2-8,23H,9H2,1H3,(H,21,22)/b19-8+. The minimum absolute atomic E-state index is 0.0193. The number of methoxy groups -OCH3 is 1. The van der Waals surface area contributed by atoms with Crippen LogP contribution in [0.2, 0.25) is 0 Å². The Morgan fingerprint density at radius 1 is 1.42 bits per heavy atom. The van der Waals surface area contributed by atoms with Crippen molar-refractivity contribution in [3.05, 3.63) is 46.4 Å². The molecule has 0 radical (unpaired) electrons. The Balaban J connectivity index is 1.55. The van der Waals surface area contributed by atoms with E-state index in [1.54, 1.807) is 23.5 Å². The Morgan fingerprint density at radius 3 is 3.00 bits per heavy atom. The van der Waals surface area contributed by atoms with Crippen LogP contribution in [0.25, 0.3) is 10.2 Å². The van der Waals surface area contributed by atoms with Crippen molar-refractivity contribution < 1.29 is 14.6 Å². The molecule has 0 spiro atoms. The molecule has 0 aliphatic carbocycles. The molecule has 1 aromatic heterocycles. The summed E-state index contributed by atoms with van der Waals surface area (Å²) in [6.07, 6.45) is 1.45. The maximum atomic E-state index is 11.9. The van der Waals surface area contributed by atoms with E-state index in [1.165, 1.54) is 25.1 Å². The molecule has 3 rings (SSSR count). The number of ether oxygens (including phenoxy) is 1. The number of carbonyl (C=O) groups is 1. The first-order valence-electron chi connectivity index (χ1n) is 7.44. The molecule has 1 heterocycles. The van der Waals surface area contributed by atoms with E-state index >= 15 is 0 Å². The number of carbonyl (C=O) groups excluding carboxylic acids is 1. The van der Waals surface area contributed by atoms with Crippen molar-refractivity contribution in [3.63, 3.8) is 0 Å². The zero-order valence-corrected chi connectivity index (χ0v) is 16.8. The lowest BCUT2D eigenvalue weighted by atomic mass is 10.2. The minimum Gasteiger partial charge on any atom is -0.503 e. The maximum Gasteiger partial charge on any atom is 0.250 e. The lowest BCUT2D eigenvalue weighted by Gasteiger charge is -2.06. The van der Waals surface area contributed by atoms with Gasteiger partial charge < -0.3 is 9.84 Å². The number of benzene rings is 2. The highest BCUT2D eigenvalue weighted by Crippen LogP contribution is 2.35. The summed E-state index contributed by atoms with van der Waals surface area (Å²) in [5.74, 6) is 0.311. The SMILES string of the molecule is COc1ccc(/C=N/NC(=O)CSc2nc3ccccc3s2)c(Br)c1O. The number of nitrogens with one attached hydrogen (secondary N) is 1. The van der Waals surface area contributed by atoms with E-state index in [-0.39, 0.29) is 17.4 Å². The molecule has 3 aromatic rings. The van der Waals surface area contributed by atoms with Gasteiger partial charge in [0.15, 0.2) is 15.8 Å². The number of thioether (sulfide) groups is 1. The summed E-state index contributed by atoms with van der Waals surface area (Å²) < 4.78 is 7.40. The van der Waals surface area contributed by atoms with Gasteiger partial charge in [0.1, 0.15) is 0 Å².